The van der Waals surface area contributed by atoms with E-state index in [2.05, 4.69) is 18.9 Å². The predicted octanol–water partition coefficient (Wildman–Crippen LogP) is -0.391. The number of rotatable bonds is 4. The molecule has 2 N–H and O–H groups in total. The number of aryl methyl sites for hydroxylation is 1. The summed E-state index contributed by atoms with van der Waals surface area (Å²) in [6.07, 6.45) is 4.18. The Morgan fingerprint density at radius 1 is 1.54 bits per heavy atom. The summed E-state index contributed by atoms with van der Waals surface area (Å²) < 4.78 is 1.73. The highest BCUT2D eigenvalue weighted by atomic mass is 16.4. The van der Waals surface area contributed by atoms with E-state index in [-0.39, 0.29) is 0 Å². The summed E-state index contributed by atoms with van der Waals surface area (Å²) >= 11 is 0. The summed E-state index contributed by atoms with van der Waals surface area (Å²) in [7, 11) is -1.41. The third-order valence-electron chi connectivity index (χ3n) is 1.89. The van der Waals surface area contributed by atoms with Crippen LogP contribution < -0.4 is 5.46 Å². The number of aromatic nitrogens is 2. The van der Waals surface area contributed by atoms with E-state index >= 15 is 0 Å². The van der Waals surface area contributed by atoms with Crippen LogP contribution in [0, 0.1) is 5.92 Å². The van der Waals surface area contributed by atoms with Crippen molar-refractivity contribution in [3.8, 4) is 0 Å². The van der Waals surface area contributed by atoms with Gasteiger partial charge in [0.2, 0.25) is 0 Å². The van der Waals surface area contributed by atoms with Crippen LogP contribution in [0.2, 0.25) is 0 Å². The second kappa shape index (κ2) is 4.44. The molecule has 1 aromatic heterocycles. The third-order valence-corrected chi connectivity index (χ3v) is 1.89. The fourth-order valence-corrected chi connectivity index (χ4v) is 1.03. The third kappa shape index (κ3) is 3.20. The maximum Gasteiger partial charge on any atom is 0.491 e. The van der Waals surface area contributed by atoms with Gasteiger partial charge in [-0.3, -0.25) is 4.68 Å². The van der Waals surface area contributed by atoms with E-state index in [4.69, 9.17) is 10.0 Å². The monoisotopic (exact) mass is 182 g/mol. The van der Waals surface area contributed by atoms with Crippen molar-refractivity contribution in [2.75, 3.05) is 0 Å². The quantitative estimate of drug-likeness (QED) is 0.623. The van der Waals surface area contributed by atoms with Gasteiger partial charge in [-0.15, -0.1) is 0 Å². The van der Waals surface area contributed by atoms with Gasteiger partial charge in [-0.25, -0.2) is 0 Å². The summed E-state index contributed by atoms with van der Waals surface area (Å²) in [6, 6.07) is 0. The van der Waals surface area contributed by atoms with Crippen molar-refractivity contribution in [2.45, 2.75) is 26.8 Å². The molecule has 0 spiro atoms. The zero-order valence-corrected chi connectivity index (χ0v) is 8.01. The molecule has 0 saturated carbocycles. The average molecular weight is 182 g/mol. The highest BCUT2D eigenvalue weighted by Crippen LogP contribution is 2.00. The largest absolute Gasteiger partial charge is 0.491 e. The molecular formula is C8H15BN2O2. The van der Waals surface area contributed by atoms with Gasteiger partial charge in [0.1, 0.15) is 0 Å². The predicted molar refractivity (Wildman–Crippen MR) is 51.5 cm³/mol. The standard InChI is InChI=1S/C8H15BN2O2/c1-7(2)3-4-11-6-8(5-10-11)9(12)13/h5-7,12-13H,3-4H2,1-2H3. The molecule has 0 saturated heterocycles. The van der Waals surface area contributed by atoms with Gasteiger partial charge >= 0.3 is 7.12 Å². The SMILES string of the molecule is CC(C)CCn1cc(B(O)O)cn1. The van der Waals surface area contributed by atoms with E-state index in [9.17, 15) is 0 Å². The van der Waals surface area contributed by atoms with Crippen LogP contribution in [-0.4, -0.2) is 26.9 Å². The molecule has 13 heavy (non-hydrogen) atoms. The van der Waals surface area contributed by atoms with Crippen LogP contribution in [0.1, 0.15) is 20.3 Å². The van der Waals surface area contributed by atoms with Crippen LogP contribution in [0.4, 0.5) is 0 Å². The van der Waals surface area contributed by atoms with E-state index < -0.39 is 7.12 Å². The molecule has 72 valence electrons. The topological polar surface area (TPSA) is 58.3 Å². The first-order chi connectivity index (χ1) is 6.09. The summed E-state index contributed by atoms with van der Waals surface area (Å²) in [6.45, 7) is 5.11. The molecule has 4 nitrogen and oxygen atoms in total. The summed E-state index contributed by atoms with van der Waals surface area (Å²) in [4.78, 5) is 0. The summed E-state index contributed by atoms with van der Waals surface area (Å²) in [5.74, 6) is 0.631. The van der Waals surface area contributed by atoms with Gasteiger partial charge in [0, 0.05) is 24.4 Å². The minimum Gasteiger partial charge on any atom is -0.423 e. The minimum absolute atomic E-state index is 0.448. The Hall–Kier alpha value is -0.805. The first-order valence-corrected chi connectivity index (χ1v) is 4.48. The van der Waals surface area contributed by atoms with Crippen LogP contribution in [0.25, 0.3) is 0 Å². The Kier molecular flexibility index (Phi) is 3.51. The lowest BCUT2D eigenvalue weighted by Gasteiger charge is -2.03. The summed E-state index contributed by atoms with van der Waals surface area (Å²) in [5, 5.41) is 21.6. The molecule has 0 aliphatic heterocycles. The van der Waals surface area contributed by atoms with Gasteiger partial charge in [-0.2, -0.15) is 5.10 Å². The molecule has 0 fully saturated rings. The average Bonchev–Trinajstić information content (AvgIpc) is 2.48. The van der Waals surface area contributed by atoms with Crippen LogP contribution in [0.5, 0.6) is 0 Å². The van der Waals surface area contributed by atoms with Gasteiger partial charge in [-0.1, -0.05) is 13.8 Å². The molecule has 0 aliphatic rings. The van der Waals surface area contributed by atoms with Gasteiger partial charge < -0.3 is 10.0 Å². The molecule has 0 unspecified atom stereocenters. The van der Waals surface area contributed by atoms with E-state index in [1.165, 1.54) is 6.20 Å². The Labute approximate surface area is 78.3 Å². The Morgan fingerprint density at radius 3 is 2.69 bits per heavy atom. The zero-order valence-electron chi connectivity index (χ0n) is 8.01. The van der Waals surface area contributed by atoms with Crippen LogP contribution in [0.3, 0.4) is 0 Å². The molecular weight excluding hydrogens is 167 g/mol. The van der Waals surface area contributed by atoms with Crippen molar-refractivity contribution in [2.24, 2.45) is 5.92 Å². The highest BCUT2D eigenvalue weighted by Gasteiger charge is 2.12. The van der Waals surface area contributed by atoms with Gasteiger partial charge in [0.25, 0.3) is 0 Å². The van der Waals surface area contributed by atoms with Crippen molar-refractivity contribution in [1.82, 2.24) is 9.78 Å². The number of hydrogen-bond donors (Lipinski definition) is 2. The zero-order chi connectivity index (χ0) is 9.84. The molecule has 1 heterocycles. The maximum absolute atomic E-state index is 8.82. The molecule has 0 atom stereocenters. The van der Waals surface area contributed by atoms with Crippen molar-refractivity contribution in [3.63, 3.8) is 0 Å². The normalized spacial score (nSPS) is 10.8. The molecule has 5 heteroatoms. The fraction of sp³-hybridized carbons (Fsp3) is 0.625. The van der Waals surface area contributed by atoms with E-state index in [1.54, 1.807) is 10.9 Å². The van der Waals surface area contributed by atoms with Crippen LogP contribution in [-0.2, 0) is 6.54 Å². The second-order valence-electron chi connectivity index (χ2n) is 3.59. The molecule has 0 radical (unpaired) electrons. The molecule has 0 amide bonds. The number of hydrogen-bond acceptors (Lipinski definition) is 3. The minimum atomic E-state index is -1.41. The molecule has 0 aromatic carbocycles. The van der Waals surface area contributed by atoms with E-state index in [0.29, 0.717) is 11.4 Å². The highest BCUT2D eigenvalue weighted by molar-refractivity contribution is 6.58. The lowest BCUT2D eigenvalue weighted by molar-refractivity contribution is 0.425. The van der Waals surface area contributed by atoms with E-state index in [0.717, 1.165) is 13.0 Å². The number of nitrogens with zero attached hydrogens (tertiary/aromatic N) is 2. The Bertz CT molecular complexity index is 260. The maximum atomic E-state index is 8.82. The Balaban J connectivity index is 2.49. The van der Waals surface area contributed by atoms with Crippen molar-refractivity contribution >= 4 is 12.6 Å². The first kappa shape index (κ1) is 10.3. The van der Waals surface area contributed by atoms with Crippen molar-refractivity contribution in [3.05, 3.63) is 12.4 Å². The second-order valence-corrected chi connectivity index (χ2v) is 3.59. The molecule has 0 aliphatic carbocycles. The van der Waals surface area contributed by atoms with Crippen molar-refractivity contribution < 1.29 is 10.0 Å². The van der Waals surface area contributed by atoms with E-state index in [1.807, 2.05) is 0 Å². The first-order valence-electron chi connectivity index (χ1n) is 4.48. The van der Waals surface area contributed by atoms with Crippen LogP contribution in [0.15, 0.2) is 12.4 Å². The van der Waals surface area contributed by atoms with Gasteiger partial charge in [0.05, 0.1) is 0 Å². The van der Waals surface area contributed by atoms with Gasteiger partial charge in [-0.05, 0) is 12.3 Å². The molecule has 0 bridgehead atoms. The lowest BCUT2D eigenvalue weighted by atomic mass is 9.83. The smallest absolute Gasteiger partial charge is 0.423 e. The molecule has 1 rings (SSSR count). The van der Waals surface area contributed by atoms with Crippen LogP contribution >= 0.6 is 0 Å². The van der Waals surface area contributed by atoms with Crippen molar-refractivity contribution in [1.29, 1.82) is 0 Å². The fourth-order valence-electron chi connectivity index (χ4n) is 1.03. The lowest BCUT2D eigenvalue weighted by Crippen LogP contribution is -2.28. The molecule has 1 aromatic rings. The van der Waals surface area contributed by atoms with Gasteiger partial charge in [0.15, 0.2) is 0 Å². The summed E-state index contributed by atoms with van der Waals surface area (Å²) in [5.41, 5.74) is 0.448. The Morgan fingerprint density at radius 2 is 2.23 bits per heavy atom.